The highest BCUT2D eigenvalue weighted by molar-refractivity contribution is 7.92. The summed E-state index contributed by atoms with van der Waals surface area (Å²) >= 11 is 5.79. The summed E-state index contributed by atoms with van der Waals surface area (Å²) in [6.07, 6.45) is 0. The molecule has 8 heteroatoms. The van der Waals surface area contributed by atoms with E-state index in [0.717, 1.165) is 12.1 Å². The van der Waals surface area contributed by atoms with Crippen LogP contribution in [0.25, 0.3) is 0 Å². The highest BCUT2D eigenvalue weighted by Crippen LogP contribution is 2.28. The Morgan fingerprint density at radius 3 is 2.52 bits per heavy atom. The van der Waals surface area contributed by atoms with Crippen molar-refractivity contribution >= 4 is 33.0 Å². The van der Waals surface area contributed by atoms with E-state index in [1.54, 1.807) is 0 Å². The normalized spacial score (nSPS) is 11.2. The van der Waals surface area contributed by atoms with E-state index in [4.69, 9.17) is 22.1 Å². The quantitative estimate of drug-likeness (QED) is 0.845. The molecule has 0 amide bonds. The van der Waals surface area contributed by atoms with E-state index in [0.29, 0.717) is 5.75 Å². The van der Waals surface area contributed by atoms with E-state index in [1.165, 1.54) is 31.4 Å². The number of ether oxygens (including phenoxy) is 1. The number of nitrogen functional groups attached to an aromatic ring is 1. The van der Waals surface area contributed by atoms with Gasteiger partial charge >= 0.3 is 0 Å². The van der Waals surface area contributed by atoms with Crippen LogP contribution in [0.3, 0.4) is 0 Å². The lowest BCUT2D eigenvalue weighted by Crippen LogP contribution is -2.13. The standard InChI is InChI=1S/C13H12ClFN2O3S/c1-20-13-5-3-9(7-11(13)16)21(18,19)17-12-4-2-8(15)6-10(12)14/h2-7,17H,16H2,1H3. The predicted octanol–water partition coefficient (Wildman–Crippen LogP) is 2.87. The second-order valence-corrected chi connectivity index (χ2v) is 6.22. The highest BCUT2D eigenvalue weighted by atomic mass is 35.5. The summed E-state index contributed by atoms with van der Waals surface area (Å²) in [5.74, 6) is -0.189. The smallest absolute Gasteiger partial charge is 0.262 e. The zero-order valence-corrected chi connectivity index (χ0v) is 12.5. The number of benzene rings is 2. The Kier molecular flexibility index (Phi) is 4.24. The molecule has 0 unspecified atom stereocenters. The molecular weight excluding hydrogens is 319 g/mol. The third-order valence-corrected chi connectivity index (χ3v) is 4.36. The number of anilines is 2. The Hall–Kier alpha value is -1.99. The summed E-state index contributed by atoms with van der Waals surface area (Å²) < 4.78 is 44.6. The Labute approximate surface area is 126 Å². The zero-order chi connectivity index (χ0) is 15.6. The maximum absolute atomic E-state index is 12.9. The van der Waals surface area contributed by atoms with Crippen molar-refractivity contribution in [3.8, 4) is 5.75 Å². The van der Waals surface area contributed by atoms with Gasteiger partial charge in [-0.2, -0.15) is 0 Å². The molecule has 0 atom stereocenters. The van der Waals surface area contributed by atoms with Crippen LogP contribution in [0.5, 0.6) is 5.75 Å². The Balaban J connectivity index is 2.36. The molecule has 0 radical (unpaired) electrons. The number of hydrogen-bond donors (Lipinski definition) is 2. The molecule has 5 nitrogen and oxygen atoms in total. The fourth-order valence-corrected chi connectivity index (χ4v) is 3.04. The first-order valence-corrected chi connectivity index (χ1v) is 7.61. The van der Waals surface area contributed by atoms with E-state index in [1.807, 2.05) is 0 Å². The molecule has 0 fully saturated rings. The van der Waals surface area contributed by atoms with Crippen molar-refractivity contribution in [3.05, 3.63) is 47.2 Å². The summed E-state index contributed by atoms with van der Waals surface area (Å²) in [5.41, 5.74) is 5.94. The molecule has 0 saturated carbocycles. The summed E-state index contributed by atoms with van der Waals surface area (Å²) in [6, 6.07) is 7.40. The second-order valence-electron chi connectivity index (χ2n) is 4.13. The van der Waals surface area contributed by atoms with Gasteiger partial charge in [-0.1, -0.05) is 11.6 Å². The van der Waals surface area contributed by atoms with Gasteiger partial charge in [-0.05, 0) is 36.4 Å². The summed E-state index contributed by atoms with van der Waals surface area (Å²) in [5, 5.41) is -0.0416. The molecule has 0 aliphatic carbocycles. The number of nitrogens with two attached hydrogens (primary N) is 1. The van der Waals surface area contributed by atoms with Crippen molar-refractivity contribution in [1.82, 2.24) is 0 Å². The Morgan fingerprint density at radius 2 is 1.95 bits per heavy atom. The van der Waals surface area contributed by atoms with Crippen molar-refractivity contribution in [2.45, 2.75) is 4.90 Å². The molecule has 2 aromatic rings. The first-order chi connectivity index (χ1) is 9.83. The van der Waals surface area contributed by atoms with Gasteiger partial charge in [0.2, 0.25) is 0 Å². The van der Waals surface area contributed by atoms with Crippen LogP contribution in [0.4, 0.5) is 15.8 Å². The fourth-order valence-electron chi connectivity index (χ4n) is 1.66. The van der Waals surface area contributed by atoms with Crippen molar-refractivity contribution in [1.29, 1.82) is 0 Å². The average Bonchev–Trinajstić information content (AvgIpc) is 2.42. The van der Waals surface area contributed by atoms with Gasteiger partial charge in [-0.25, -0.2) is 12.8 Å². The zero-order valence-electron chi connectivity index (χ0n) is 10.9. The molecule has 3 N–H and O–H groups in total. The van der Waals surface area contributed by atoms with Gasteiger partial charge in [-0.3, -0.25) is 4.72 Å². The molecule has 21 heavy (non-hydrogen) atoms. The van der Waals surface area contributed by atoms with E-state index in [-0.39, 0.29) is 21.3 Å². The molecule has 0 saturated heterocycles. The number of rotatable bonds is 4. The maximum atomic E-state index is 12.9. The molecule has 0 spiro atoms. The monoisotopic (exact) mass is 330 g/mol. The van der Waals surface area contributed by atoms with Gasteiger partial charge in [0.15, 0.2) is 0 Å². The first kappa shape index (κ1) is 15.4. The van der Waals surface area contributed by atoms with Crippen molar-refractivity contribution < 1.29 is 17.5 Å². The predicted molar refractivity (Wildman–Crippen MR) is 79.6 cm³/mol. The minimum absolute atomic E-state index is 0.0416. The van der Waals surface area contributed by atoms with Gasteiger partial charge in [0.1, 0.15) is 11.6 Å². The maximum Gasteiger partial charge on any atom is 0.262 e. The average molecular weight is 331 g/mol. The lowest BCUT2D eigenvalue weighted by Gasteiger charge is -2.11. The molecule has 0 aliphatic heterocycles. The Morgan fingerprint density at radius 1 is 1.24 bits per heavy atom. The molecular formula is C13H12ClFN2O3S. The lowest BCUT2D eigenvalue weighted by molar-refractivity contribution is 0.416. The molecule has 112 valence electrons. The lowest BCUT2D eigenvalue weighted by atomic mass is 10.3. The molecule has 2 rings (SSSR count). The van der Waals surface area contributed by atoms with Gasteiger partial charge in [0.05, 0.1) is 28.4 Å². The largest absolute Gasteiger partial charge is 0.495 e. The number of halogens is 2. The topological polar surface area (TPSA) is 81.4 Å². The molecule has 0 heterocycles. The van der Waals surface area contributed by atoms with E-state index in [9.17, 15) is 12.8 Å². The number of methoxy groups -OCH3 is 1. The highest BCUT2D eigenvalue weighted by Gasteiger charge is 2.17. The van der Waals surface area contributed by atoms with E-state index >= 15 is 0 Å². The first-order valence-electron chi connectivity index (χ1n) is 5.75. The van der Waals surface area contributed by atoms with E-state index in [2.05, 4.69) is 4.72 Å². The second kappa shape index (κ2) is 5.79. The van der Waals surface area contributed by atoms with E-state index < -0.39 is 15.8 Å². The van der Waals surface area contributed by atoms with Crippen LogP contribution in [-0.4, -0.2) is 15.5 Å². The molecule has 2 aromatic carbocycles. The SMILES string of the molecule is COc1ccc(S(=O)(=O)Nc2ccc(F)cc2Cl)cc1N. The number of hydrogen-bond acceptors (Lipinski definition) is 4. The van der Waals surface area contributed by atoms with Gasteiger partial charge < -0.3 is 10.5 Å². The summed E-state index contributed by atoms with van der Waals surface area (Å²) in [6.45, 7) is 0. The summed E-state index contributed by atoms with van der Waals surface area (Å²) in [4.78, 5) is -0.0545. The van der Waals surface area contributed by atoms with Crippen LogP contribution in [0.1, 0.15) is 0 Å². The van der Waals surface area contributed by atoms with Crippen molar-refractivity contribution in [2.24, 2.45) is 0 Å². The minimum Gasteiger partial charge on any atom is -0.495 e. The van der Waals surface area contributed by atoms with Gasteiger partial charge in [0.25, 0.3) is 10.0 Å². The van der Waals surface area contributed by atoms with Crippen LogP contribution in [-0.2, 0) is 10.0 Å². The Bertz CT molecular complexity index is 781. The molecule has 0 aliphatic rings. The minimum atomic E-state index is -3.89. The van der Waals surface area contributed by atoms with Crippen LogP contribution in [0.2, 0.25) is 5.02 Å². The van der Waals surface area contributed by atoms with Crippen LogP contribution >= 0.6 is 11.6 Å². The molecule has 0 bridgehead atoms. The number of nitrogens with one attached hydrogen (secondary N) is 1. The third kappa shape index (κ3) is 3.37. The van der Waals surface area contributed by atoms with Crippen molar-refractivity contribution in [3.63, 3.8) is 0 Å². The summed E-state index contributed by atoms with van der Waals surface area (Å²) in [7, 11) is -2.46. The van der Waals surface area contributed by atoms with Gasteiger partial charge in [0, 0.05) is 0 Å². The van der Waals surface area contributed by atoms with Crippen LogP contribution in [0, 0.1) is 5.82 Å². The fraction of sp³-hybridized carbons (Fsp3) is 0.0769. The van der Waals surface area contributed by atoms with Gasteiger partial charge in [-0.15, -0.1) is 0 Å². The van der Waals surface area contributed by atoms with Crippen molar-refractivity contribution in [2.75, 3.05) is 17.6 Å². The van der Waals surface area contributed by atoms with Crippen LogP contribution < -0.4 is 15.2 Å². The number of sulfonamides is 1. The third-order valence-electron chi connectivity index (χ3n) is 2.69. The van der Waals surface area contributed by atoms with Crippen LogP contribution in [0.15, 0.2) is 41.3 Å². The molecule has 0 aromatic heterocycles.